The van der Waals surface area contributed by atoms with Crippen LogP contribution in [0.5, 0.6) is 11.5 Å². The fraction of sp³-hybridized carbons (Fsp3) is 0.0833. The maximum absolute atomic E-state index is 13.4. The van der Waals surface area contributed by atoms with Crippen molar-refractivity contribution in [2.75, 3.05) is 24.9 Å². The molecule has 4 aromatic rings. The first kappa shape index (κ1) is 21.3. The van der Waals surface area contributed by atoms with Gasteiger partial charge in [0.2, 0.25) is 0 Å². The predicted molar refractivity (Wildman–Crippen MR) is 125 cm³/mol. The monoisotopic (exact) mass is 449 g/mol. The minimum atomic E-state index is -0.316. The number of halogens is 1. The number of benzene rings is 3. The van der Waals surface area contributed by atoms with Crippen LogP contribution in [0.2, 0.25) is 0 Å². The standard InChI is InChI=1S/C24H20FN3O3S/c1-30-20-10-16(11-21(13-20)31-2)23(29)26-18-7-3-5-15(9-18)22-14-32-24(28-22)27-19-8-4-6-17(25)12-19/h3-14H,1-2H3,(H,26,29)(H,27,28). The molecule has 8 heteroatoms. The lowest BCUT2D eigenvalue weighted by Gasteiger charge is -2.10. The number of ether oxygens (including phenoxy) is 2. The van der Waals surface area contributed by atoms with E-state index >= 15 is 0 Å². The highest BCUT2D eigenvalue weighted by molar-refractivity contribution is 7.14. The van der Waals surface area contributed by atoms with Crippen LogP contribution in [0.3, 0.4) is 0 Å². The summed E-state index contributed by atoms with van der Waals surface area (Å²) in [7, 11) is 3.07. The summed E-state index contributed by atoms with van der Waals surface area (Å²) in [5, 5.41) is 8.53. The molecule has 0 aliphatic carbocycles. The molecule has 32 heavy (non-hydrogen) atoms. The summed E-state index contributed by atoms with van der Waals surface area (Å²) in [6, 6.07) is 18.6. The molecule has 2 N–H and O–H groups in total. The molecule has 3 aromatic carbocycles. The van der Waals surface area contributed by atoms with E-state index in [-0.39, 0.29) is 11.7 Å². The highest BCUT2D eigenvalue weighted by atomic mass is 32.1. The predicted octanol–water partition coefficient (Wildman–Crippen LogP) is 5.96. The lowest BCUT2D eigenvalue weighted by atomic mass is 10.1. The molecule has 1 amide bonds. The van der Waals surface area contributed by atoms with Crippen molar-refractivity contribution >= 4 is 33.8 Å². The van der Waals surface area contributed by atoms with Crippen molar-refractivity contribution in [2.24, 2.45) is 0 Å². The number of rotatable bonds is 7. The van der Waals surface area contributed by atoms with Crippen molar-refractivity contribution < 1.29 is 18.7 Å². The summed E-state index contributed by atoms with van der Waals surface area (Å²) < 4.78 is 23.9. The smallest absolute Gasteiger partial charge is 0.255 e. The number of hydrogen-bond donors (Lipinski definition) is 2. The van der Waals surface area contributed by atoms with E-state index < -0.39 is 0 Å². The van der Waals surface area contributed by atoms with E-state index in [2.05, 4.69) is 15.6 Å². The van der Waals surface area contributed by atoms with Crippen molar-refractivity contribution in [1.29, 1.82) is 0 Å². The van der Waals surface area contributed by atoms with Crippen molar-refractivity contribution in [3.63, 3.8) is 0 Å². The molecule has 0 bridgehead atoms. The Bertz CT molecular complexity index is 1240. The van der Waals surface area contributed by atoms with Gasteiger partial charge in [-0.15, -0.1) is 11.3 Å². The average molecular weight is 450 g/mol. The van der Waals surface area contributed by atoms with Crippen LogP contribution in [-0.2, 0) is 0 Å². The van der Waals surface area contributed by atoms with Crippen molar-refractivity contribution in [3.05, 3.63) is 83.5 Å². The van der Waals surface area contributed by atoms with Gasteiger partial charge < -0.3 is 20.1 Å². The van der Waals surface area contributed by atoms with Gasteiger partial charge in [0.25, 0.3) is 5.91 Å². The van der Waals surface area contributed by atoms with E-state index in [4.69, 9.17) is 9.47 Å². The SMILES string of the molecule is COc1cc(OC)cc(C(=O)Nc2cccc(-c3csc(Nc4cccc(F)c4)n3)c2)c1. The molecular weight excluding hydrogens is 429 g/mol. The molecule has 0 saturated heterocycles. The molecule has 0 radical (unpaired) electrons. The van der Waals surface area contributed by atoms with Crippen LogP contribution in [0.25, 0.3) is 11.3 Å². The largest absolute Gasteiger partial charge is 0.497 e. The Hall–Kier alpha value is -3.91. The second-order valence-electron chi connectivity index (χ2n) is 6.81. The Kier molecular flexibility index (Phi) is 6.32. The minimum Gasteiger partial charge on any atom is -0.497 e. The van der Waals surface area contributed by atoms with Crippen LogP contribution in [0, 0.1) is 5.82 Å². The average Bonchev–Trinajstić information content (AvgIpc) is 3.27. The zero-order chi connectivity index (χ0) is 22.5. The first-order chi connectivity index (χ1) is 15.5. The van der Waals surface area contributed by atoms with Crippen LogP contribution in [0.1, 0.15) is 10.4 Å². The Morgan fingerprint density at radius 1 is 0.938 bits per heavy atom. The first-order valence-electron chi connectivity index (χ1n) is 9.67. The molecule has 0 aliphatic rings. The maximum Gasteiger partial charge on any atom is 0.255 e. The Balaban J connectivity index is 1.51. The van der Waals surface area contributed by atoms with Gasteiger partial charge in [0.05, 0.1) is 19.9 Å². The third-order valence-electron chi connectivity index (χ3n) is 4.61. The fourth-order valence-corrected chi connectivity index (χ4v) is 3.79. The van der Waals surface area contributed by atoms with E-state index in [1.54, 1.807) is 36.4 Å². The summed E-state index contributed by atoms with van der Waals surface area (Å²) in [5.41, 5.74) is 3.26. The second-order valence-corrected chi connectivity index (χ2v) is 7.67. The van der Waals surface area contributed by atoms with Gasteiger partial charge in [-0.3, -0.25) is 4.79 Å². The highest BCUT2D eigenvalue weighted by Crippen LogP contribution is 2.29. The highest BCUT2D eigenvalue weighted by Gasteiger charge is 2.12. The molecule has 0 unspecified atom stereocenters. The first-order valence-corrected chi connectivity index (χ1v) is 10.5. The second kappa shape index (κ2) is 9.49. The minimum absolute atomic E-state index is 0.286. The molecule has 0 aliphatic heterocycles. The number of nitrogens with zero attached hydrogens (tertiary/aromatic N) is 1. The molecule has 0 saturated carbocycles. The Morgan fingerprint density at radius 3 is 2.38 bits per heavy atom. The van der Waals surface area contributed by atoms with E-state index in [0.29, 0.717) is 33.6 Å². The molecule has 0 atom stereocenters. The van der Waals surface area contributed by atoms with E-state index in [9.17, 15) is 9.18 Å². The van der Waals surface area contributed by atoms with Crippen LogP contribution < -0.4 is 20.1 Å². The molecule has 0 fully saturated rings. The molecular formula is C24H20FN3O3S. The lowest BCUT2D eigenvalue weighted by molar-refractivity contribution is 0.102. The summed E-state index contributed by atoms with van der Waals surface area (Å²) in [4.78, 5) is 17.3. The number of amides is 1. The number of nitrogens with one attached hydrogen (secondary N) is 2. The van der Waals surface area contributed by atoms with Gasteiger partial charge in [-0.25, -0.2) is 9.37 Å². The normalized spacial score (nSPS) is 10.5. The summed E-state index contributed by atoms with van der Waals surface area (Å²) in [5.74, 6) is 0.461. The lowest BCUT2D eigenvalue weighted by Crippen LogP contribution is -2.12. The molecule has 4 rings (SSSR count). The zero-order valence-electron chi connectivity index (χ0n) is 17.4. The third-order valence-corrected chi connectivity index (χ3v) is 5.37. The van der Waals surface area contributed by atoms with Crippen LogP contribution in [-0.4, -0.2) is 25.1 Å². The quantitative estimate of drug-likeness (QED) is 0.364. The summed E-state index contributed by atoms with van der Waals surface area (Å²) in [6.07, 6.45) is 0. The van der Waals surface area contributed by atoms with E-state index in [1.165, 1.54) is 37.7 Å². The summed E-state index contributed by atoms with van der Waals surface area (Å²) >= 11 is 1.41. The van der Waals surface area contributed by atoms with Crippen LogP contribution in [0.15, 0.2) is 72.1 Å². The number of methoxy groups -OCH3 is 2. The van der Waals surface area contributed by atoms with Gasteiger partial charge in [0, 0.05) is 33.9 Å². The maximum atomic E-state index is 13.4. The van der Waals surface area contributed by atoms with Gasteiger partial charge in [0.15, 0.2) is 5.13 Å². The van der Waals surface area contributed by atoms with Gasteiger partial charge in [-0.2, -0.15) is 0 Å². The molecule has 1 aromatic heterocycles. The molecule has 6 nitrogen and oxygen atoms in total. The topological polar surface area (TPSA) is 72.5 Å². The van der Waals surface area contributed by atoms with Crippen LogP contribution >= 0.6 is 11.3 Å². The van der Waals surface area contributed by atoms with E-state index in [0.717, 1.165) is 11.3 Å². The van der Waals surface area contributed by atoms with Gasteiger partial charge in [-0.1, -0.05) is 18.2 Å². The van der Waals surface area contributed by atoms with Crippen molar-refractivity contribution in [3.8, 4) is 22.8 Å². The van der Waals surface area contributed by atoms with Gasteiger partial charge >= 0.3 is 0 Å². The number of carbonyl (C=O) groups excluding carboxylic acids is 1. The molecule has 162 valence electrons. The number of aromatic nitrogens is 1. The van der Waals surface area contributed by atoms with Crippen molar-refractivity contribution in [2.45, 2.75) is 0 Å². The number of hydrogen-bond acceptors (Lipinski definition) is 6. The molecule has 0 spiro atoms. The number of thiazole rings is 1. The third kappa shape index (κ3) is 5.04. The van der Waals surface area contributed by atoms with Crippen LogP contribution in [0.4, 0.5) is 20.9 Å². The van der Waals surface area contributed by atoms with Crippen molar-refractivity contribution in [1.82, 2.24) is 4.98 Å². The van der Waals surface area contributed by atoms with E-state index in [1.807, 2.05) is 23.6 Å². The summed E-state index contributed by atoms with van der Waals surface area (Å²) in [6.45, 7) is 0. The number of anilines is 3. The van der Waals surface area contributed by atoms with Gasteiger partial charge in [-0.05, 0) is 42.5 Å². The fourth-order valence-electron chi connectivity index (χ4n) is 3.05. The number of carbonyl (C=O) groups is 1. The Morgan fingerprint density at radius 2 is 1.66 bits per heavy atom. The van der Waals surface area contributed by atoms with Gasteiger partial charge in [0.1, 0.15) is 17.3 Å². The molecule has 1 heterocycles. The Labute approximate surface area is 188 Å². The zero-order valence-corrected chi connectivity index (χ0v) is 18.2.